The molecule has 30 heavy (non-hydrogen) atoms. The van der Waals surface area contributed by atoms with E-state index in [1.54, 1.807) is 12.1 Å². The summed E-state index contributed by atoms with van der Waals surface area (Å²) in [6.45, 7) is 1.67. The van der Waals surface area contributed by atoms with Gasteiger partial charge in [0.1, 0.15) is 48.0 Å². The standard InChI is InChI=1S/C25H20O5/c26-25-21(18-9-11-19(12-10-18)27-14-20-15-28-20)16-30-23-8-4-7-22(24(23)25)29-13-17-5-2-1-3-6-17/h1-12,16,20H,13-15H2. The van der Waals surface area contributed by atoms with Gasteiger partial charge in [0.15, 0.2) is 0 Å². The maximum absolute atomic E-state index is 13.3. The summed E-state index contributed by atoms with van der Waals surface area (Å²) in [6.07, 6.45) is 1.70. The van der Waals surface area contributed by atoms with Crippen molar-refractivity contribution < 1.29 is 18.6 Å². The number of fused-ring (bicyclic) bond motifs is 1. The molecule has 0 N–H and O–H groups in total. The second kappa shape index (κ2) is 8.05. The average Bonchev–Trinajstić information content (AvgIpc) is 3.62. The SMILES string of the molecule is O=c1c(-c2ccc(OCC3CO3)cc2)coc2cccc(OCc3ccccc3)c12. The molecule has 1 aromatic heterocycles. The fourth-order valence-electron chi connectivity index (χ4n) is 3.28. The van der Waals surface area contributed by atoms with Crippen molar-refractivity contribution in [1.82, 2.24) is 0 Å². The van der Waals surface area contributed by atoms with Crippen LogP contribution in [-0.2, 0) is 11.3 Å². The lowest BCUT2D eigenvalue weighted by molar-refractivity contribution is 0.263. The van der Waals surface area contributed by atoms with Gasteiger partial charge in [-0.05, 0) is 35.4 Å². The quantitative estimate of drug-likeness (QED) is 0.417. The molecule has 0 bridgehead atoms. The molecule has 1 fully saturated rings. The first-order valence-corrected chi connectivity index (χ1v) is 9.84. The van der Waals surface area contributed by atoms with Crippen molar-refractivity contribution in [2.75, 3.05) is 13.2 Å². The third kappa shape index (κ3) is 3.93. The smallest absolute Gasteiger partial charge is 0.204 e. The number of benzene rings is 3. The Morgan fingerprint density at radius 1 is 0.900 bits per heavy atom. The van der Waals surface area contributed by atoms with Gasteiger partial charge in [-0.2, -0.15) is 0 Å². The van der Waals surface area contributed by atoms with Gasteiger partial charge in [-0.1, -0.05) is 48.5 Å². The lowest BCUT2D eigenvalue weighted by Crippen LogP contribution is -2.07. The molecule has 1 aliphatic rings. The van der Waals surface area contributed by atoms with E-state index in [1.807, 2.05) is 60.7 Å². The zero-order valence-corrected chi connectivity index (χ0v) is 16.2. The number of ether oxygens (including phenoxy) is 3. The van der Waals surface area contributed by atoms with Crippen molar-refractivity contribution in [1.29, 1.82) is 0 Å². The van der Waals surface area contributed by atoms with Gasteiger partial charge in [-0.25, -0.2) is 0 Å². The Bertz CT molecular complexity index is 1210. The number of hydrogen-bond acceptors (Lipinski definition) is 5. The molecule has 3 aromatic carbocycles. The zero-order valence-electron chi connectivity index (χ0n) is 16.2. The molecule has 5 nitrogen and oxygen atoms in total. The van der Waals surface area contributed by atoms with Crippen LogP contribution in [0.1, 0.15) is 5.56 Å². The molecule has 1 aliphatic heterocycles. The maximum Gasteiger partial charge on any atom is 0.204 e. The van der Waals surface area contributed by atoms with Crippen LogP contribution < -0.4 is 14.9 Å². The predicted molar refractivity (Wildman–Crippen MR) is 114 cm³/mol. The Hall–Kier alpha value is -3.57. The highest BCUT2D eigenvalue weighted by molar-refractivity contribution is 5.87. The normalized spacial score (nSPS) is 15.1. The molecule has 0 saturated carbocycles. The Balaban J connectivity index is 1.44. The van der Waals surface area contributed by atoms with Crippen molar-refractivity contribution in [3.05, 3.63) is 94.8 Å². The highest BCUT2D eigenvalue weighted by Gasteiger charge is 2.23. The van der Waals surface area contributed by atoms with Crippen LogP contribution in [0, 0.1) is 0 Å². The minimum atomic E-state index is -0.125. The average molecular weight is 400 g/mol. The Morgan fingerprint density at radius 2 is 1.70 bits per heavy atom. The molecule has 5 rings (SSSR count). The molecule has 0 aliphatic carbocycles. The number of rotatable bonds is 7. The maximum atomic E-state index is 13.3. The monoisotopic (exact) mass is 400 g/mol. The van der Waals surface area contributed by atoms with Crippen molar-refractivity contribution in [2.24, 2.45) is 0 Å². The van der Waals surface area contributed by atoms with Gasteiger partial charge in [-0.3, -0.25) is 4.79 Å². The number of hydrogen-bond donors (Lipinski definition) is 0. The van der Waals surface area contributed by atoms with Gasteiger partial charge in [0, 0.05) is 0 Å². The van der Waals surface area contributed by atoms with Crippen LogP contribution in [0.5, 0.6) is 11.5 Å². The van der Waals surface area contributed by atoms with Crippen LogP contribution in [0.2, 0.25) is 0 Å². The Labute approximate surface area is 173 Å². The molecule has 4 aromatic rings. The van der Waals surface area contributed by atoms with Crippen molar-refractivity contribution in [3.63, 3.8) is 0 Å². The molecular formula is C25H20O5. The summed E-state index contributed by atoms with van der Waals surface area (Å²) in [5.41, 5.74) is 2.65. The van der Waals surface area contributed by atoms with Crippen LogP contribution in [0.15, 0.2) is 88.3 Å². The first kappa shape index (κ1) is 18.5. The van der Waals surface area contributed by atoms with Crippen LogP contribution in [0.25, 0.3) is 22.1 Å². The van der Waals surface area contributed by atoms with E-state index in [9.17, 15) is 4.79 Å². The molecule has 1 saturated heterocycles. The third-order valence-electron chi connectivity index (χ3n) is 5.00. The first-order valence-electron chi connectivity index (χ1n) is 9.84. The van der Waals surface area contributed by atoms with E-state index in [2.05, 4.69) is 0 Å². The fourth-order valence-corrected chi connectivity index (χ4v) is 3.28. The molecule has 5 heteroatoms. The van der Waals surface area contributed by atoms with E-state index in [4.69, 9.17) is 18.6 Å². The van der Waals surface area contributed by atoms with E-state index in [-0.39, 0.29) is 11.5 Å². The second-order valence-corrected chi connectivity index (χ2v) is 7.17. The molecular weight excluding hydrogens is 380 g/mol. The lowest BCUT2D eigenvalue weighted by Gasteiger charge is -2.10. The highest BCUT2D eigenvalue weighted by atomic mass is 16.6. The van der Waals surface area contributed by atoms with E-state index in [1.165, 1.54) is 6.26 Å². The first-order chi connectivity index (χ1) is 14.8. The van der Waals surface area contributed by atoms with E-state index < -0.39 is 0 Å². The third-order valence-corrected chi connectivity index (χ3v) is 5.00. The van der Waals surface area contributed by atoms with E-state index >= 15 is 0 Å². The minimum absolute atomic E-state index is 0.125. The van der Waals surface area contributed by atoms with Crippen molar-refractivity contribution in [3.8, 4) is 22.6 Å². The lowest BCUT2D eigenvalue weighted by atomic mass is 10.0. The second-order valence-electron chi connectivity index (χ2n) is 7.17. The molecule has 0 spiro atoms. The fraction of sp³-hybridized carbons (Fsp3) is 0.160. The molecule has 0 amide bonds. The van der Waals surface area contributed by atoms with Crippen LogP contribution in [-0.4, -0.2) is 19.3 Å². The van der Waals surface area contributed by atoms with Gasteiger partial charge >= 0.3 is 0 Å². The molecule has 2 heterocycles. The zero-order chi connectivity index (χ0) is 20.3. The summed E-state index contributed by atoms with van der Waals surface area (Å²) >= 11 is 0. The van der Waals surface area contributed by atoms with Gasteiger partial charge in [0.25, 0.3) is 0 Å². The number of epoxide rings is 1. The van der Waals surface area contributed by atoms with Crippen LogP contribution in [0.4, 0.5) is 0 Å². The summed E-state index contributed by atoms with van der Waals surface area (Å²) in [5.74, 6) is 1.25. The highest BCUT2D eigenvalue weighted by Crippen LogP contribution is 2.28. The topological polar surface area (TPSA) is 61.2 Å². The summed E-state index contributed by atoms with van der Waals surface area (Å²) in [7, 11) is 0. The molecule has 150 valence electrons. The van der Waals surface area contributed by atoms with Gasteiger partial charge in [0.05, 0.1) is 12.2 Å². The summed E-state index contributed by atoms with van der Waals surface area (Å²) in [5, 5.41) is 0.442. The van der Waals surface area contributed by atoms with Gasteiger partial charge in [0.2, 0.25) is 5.43 Å². The molecule has 0 radical (unpaired) electrons. The predicted octanol–water partition coefficient (Wildman–Crippen LogP) is 4.82. The van der Waals surface area contributed by atoms with Crippen molar-refractivity contribution >= 4 is 11.0 Å². The van der Waals surface area contributed by atoms with Gasteiger partial charge in [-0.15, -0.1) is 0 Å². The van der Waals surface area contributed by atoms with Crippen LogP contribution >= 0.6 is 0 Å². The van der Waals surface area contributed by atoms with Crippen molar-refractivity contribution in [2.45, 2.75) is 12.7 Å². The summed E-state index contributed by atoms with van der Waals surface area (Å²) in [4.78, 5) is 13.3. The van der Waals surface area contributed by atoms with Gasteiger partial charge < -0.3 is 18.6 Å². The molecule has 1 unspecified atom stereocenters. The largest absolute Gasteiger partial charge is 0.491 e. The van der Waals surface area contributed by atoms with E-state index in [0.717, 1.165) is 23.5 Å². The molecule has 1 atom stereocenters. The summed E-state index contributed by atoms with van der Waals surface area (Å²) < 4.78 is 22.5. The van der Waals surface area contributed by atoms with E-state index in [0.29, 0.717) is 35.5 Å². The Morgan fingerprint density at radius 3 is 2.47 bits per heavy atom. The van der Waals surface area contributed by atoms with Crippen LogP contribution in [0.3, 0.4) is 0 Å². The summed E-state index contributed by atoms with van der Waals surface area (Å²) in [6, 6.07) is 22.6. The minimum Gasteiger partial charge on any atom is -0.491 e. The Kier molecular flexibility index (Phi) is 4.95.